The minimum absolute atomic E-state index is 0.167. The van der Waals surface area contributed by atoms with Crippen LogP contribution in [0, 0.1) is 5.82 Å². The maximum Gasteiger partial charge on any atom is 0.417 e. The lowest BCUT2D eigenvalue weighted by atomic mass is 10.2. The van der Waals surface area contributed by atoms with Crippen molar-refractivity contribution in [2.75, 3.05) is 11.8 Å². The molecule has 0 atom stereocenters. The molecule has 4 nitrogen and oxygen atoms in total. The number of rotatable bonds is 4. The molecule has 10 heteroatoms. The van der Waals surface area contributed by atoms with Gasteiger partial charge in [0, 0.05) is 5.69 Å². The van der Waals surface area contributed by atoms with Crippen molar-refractivity contribution in [2.24, 2.45) is 0 Å². The van der Waals surface area contributed by atoms with E-state index in [-0.39, 0.29) is 11.4 Å². The Labute approximate surface area is 140 Å². The van der Waals surface area contributed by atoms with E-state index in [0.29, 0.717) is 12.1 Å². The van der Waals surface area contributed by atoms with Crippen LogP contribution >= 0.6 is 11.6 Å². The Morgan fingerprint density at radius 3 is 2.33 bits per heavy atom. The number of methoxy groups -OCH3 is 1. The Kier molecular flexibility index (Phi) is 4.95. The van der Waals surface area contributed by atoms with Crippen LogP contribution in [-0.2, 0) is 16.2 Å². The largest absolute Gasteiger partial charge is 0.494 e. The first kappa shape index (κ1) is 18.3. The minimum atomic E-state index is -4.75. The van der Waals surface area contributed by atoms with Crippen LogP contribution in [0.25, 0.3) is 0 Å². The van der Waals surface area contributed by atoms with Gasteiger partial charge >= 0.3 is 6.18 Å². The first-order chi connectivity index (χ1) is 11.0. The quantitative estimate of drug-likeness (QED) is 0.800. The van der Waals surface area contributed by atoms with E-state index in [2.05, 4.69) is 4.74 Å². The normalized spacial score (nSPS) is 12.1. The molecule has 2 rings (SSSR count). The molecular formula is C14H10ClF4NO3S. The second-order valence-corrected chi connectivity index (χ2v) is 6.68. The summed E-state index contributed by atoms with van der Waals surface area (Å²) in [5.41, 5.74) is -1.55. The molecule has 0 saturated heterocycles. The highest BCUT2D eigenvalue weighted by Gasteiger charge is 2.33. The Bertz CT molecular complexity index is 869. The third-order valence-corrected chi connectivity index (χ3v) is 4.67. The van der Waals surface area contributed by atoms with Crippen LogP contribution in [0.3, 0.4) is 0 Å². The molecule has 0 unspecified atom stereocenters. The van der Waals surface area contributed by atoms with Gasteiger partial charge in [-0.1, -0.05) is 11.6 Å². The zero-order chi connectivity index (χ0) is 18.1. The molecule has 24 heavy (non-hydrogen) atoms. The molecule has 0 aliphatic heterocycles. The molecule has 0 aliphatic carbocycles. The molecule has 0 saturated carbocycles. The summed E-state index contributed by atoms with van der Waals surface area (Å²) in [5, 5.41) is -0.569. The molecule has 0 heterocycles. The van der Waals surface area contributed by atoms with E-state index in [0.717, 1.165) is 24.3 Å². The fourth-order valence-corrected chi connectivity index (χ4v) is 3.12. The van der Waals surface area contributed by atoms with Gasteiger partial charge in [-0.15, -0.1) is 0 Å². The standard InChI is InChI=1S/C14H10ClF4NO3S/c1-23-13-5-3-9(7-12(13)16)24(21,22)20-8-2-4-11(15)10(6-8)14(17,18)19/h2-7,20H,1H3. The van der Waals surface area contributed by atoms with Crippen LogP contribution in [0.1, 0.15) is 5.56 Å². The maximum absolute atomic E-state index is 13.6. The molecular weight excluding hydrogens is 374 g/mol. The average Bonchev–Trinajstić information content (AvgIpc) is 2.47. The van der Waals surface area contributed by atoms with E-state index in [1.54, 1.807) is 0 Å². The van der Waals surface area contributed by atoms with Crippen LogP contribution in [0.2, 0.25) is 5.02 Å². The summed E-state index contributed by atoms with van der Waals surface area (Å²) < 4.78 is 82.9. The summed E-state index contributed by atoms with van der Waals surface area (Å²) in [6.45, 7) is 0. The SMILES string of the molecule is COc1ccc(S(=O)(=O)Nc2ccc(Cl)c(C(F)(F)F)c2)cc1F. The molecule has 0 aromatic heterocycles. The molecule has 130 valence electrons. The zero-order valence-electron chi connectivity index (χ0n) is 12.0. The van der Waals surface area contributed by atoms with Gasteiger partial charge < -0.3 is 4.74 Å². The van der Waals surface area contributed by atoms with Crippen molar-refractivity contribution in [3.05, 3.63) is 52.8 Å². The lowest BCUT2D eigenvalue weighted by Gasteiger charge is -2.13. The highest BCUT2D eigenvalue weighted by Crippen LogP contribution is 2.36. The predicted molar refractivity (Wildman–Crippen MR) is 80.2 cm³/mol. The number of sulfonamides is 1. The molecule has 1 N–H and O–H groups in total. The Morgan fingerprint density at radius 1 is 1.12 bits per heavy atom. The van der Waals surface area contributed by atoms with Crippen LogP contribution in [0.5, 0.6) is 5.75 Å². The lowest BCUT2D eigenvalue weighted by Crippen LogP contribution is -2.14. The Hall–Kier alpha value is -2.00. The van der Waals surface area contributed by atoms with Gasteiger partial charge in [0.2, 0.25) is 0 Å². The highest BCUT2D eigenvalue weighted by atomic mass is 35.5. The molecule has 2 aromatic carbocycles. The van der Waals surface area contributed by atoms with Gasteiger partial charge in [-0.05, 0) is 36.4 Å². The third-order valence-electron chi connectivity index (χ3n) is 2.96. The number of nitrogens with one attached hydrogen (secondary N) is 1. The third kappa shape index (κ3) is 3.90. The minimum Gasteiger partial charge on any atom is -0.494 e. The molecule has 0 amide bonds. The number of anilines is 1. The van der Waals surface area contributed by atoms with Crippen LogP contribution < -0.4 is 9.46 Å². The number of ether oxygens (including phenoxy) is 1. The zero-order valence-corrected chi connectivity index (χ0v) is 13.6. The average molecular weight is 384 g/mol. The molecule has 0 fully saturated rings. The van der Waals surface area contributed by atoms with Crippen molar-refractivity contribution in [3.63, 3.8) is 0 Å². The number of alkyl halides is 3. The van der Waals surface area contributed by atoms with E-state index in [9.17, 15) is 26.0 Å². The van der Waals surface area contributed by atoms with Gasteiger partial charge in [-0.2, -0.15) is 13.2 Å². The second-order valence-electron chi connectivity index (χ2n) is 4.59. The topological polar surface area (TPSA) is 55.4 Å². The molecule has 0 aliphatic rings. The van der Waals surface area contributed by atoms with Crippen molar-refractivity contribution >= 4 is 27.3 Å². The van der Waals surface area contributed by atoms with Gasteiger partial charge in [0.05, 0.1) is 22.6 Å². The van der Waals surface area contributed by atoms with Crippen molar-refractivity contribution in [2.45, 2.75) is 11.1 Å². The Balaban J connectivity index is 2.38. The van der Waals surface area contributed by atoms with Crippen LogP contribution in [0.15, 0.2) is 41.3 Å². The molecule has 0 spiro atoms. The van der Waals surface area contributed by atoms with Gasteiger partial charge in [0.1, 0.15) is 0 Å². The molecule has 0 bridgehead atoms. The fourth-order valence-electron chi connectivity index (χ4n) is 1.83. The van der Waals surface area contributed by atoms with Crippen molar-refractivity contribution in [1.82, 2.24) is 0 Å². The van der Waals surface area contributed by atoms with E-state index < -0.39 is 37.5 Å². The number of hydrogen-bond acceptors (Lipinski definition) is 3. The summed E-state index contributed by atoms with van der Waals surface area (Å²) in [4.78, 5) is -0.468. The van der Waals surface area contributed by atoms with Crippen molar-refractivity contribution < 1.29 is 30.7 Å². The van der Waals surface area contributed by atoms with E-state index in [4.69, 9.17) is 11.6 Å². The summed E-state index contributed by atoms with van der Waals surface area (Å²) in [6.07, 6.45) is -4.75. The van der Waals surface area contributed by atoms with Crippen molar-refractivity contribution in [1.29, 1.82) is 0 Å². The van der Waals surface area contributed by atoms with Gasteiger partial charge in [0.15, 0.2) is 11.6 Å². The van der Waals surface area contributed by atoms with E-state index in [1.807, 2.05) is 4.72 Å². The van der Waals surface area contributed by atoms with Gasteiger partial charge in [0.25, 0.3) is 10.0 Å². The summed E-state index contributed by atoms with van der Waals surface area (Å²) in [5.74, 6) is -1.09. The van der Waals surface area contributed by atoms with Gasteiger partial charge in [-0.25, -0.2) is 12.8 Å². The Morgan fingerprint density at radius 2 is 1.79 bits per heavy atom. The van der Waals surface area contributed by atoms with E-state index in [1.165, 1.54) is 7.11 Å². The molecule has 0 radical (unpaired) electrons. The molecule has 2 aromatic rings. The summed E-state index contributed by atoms with van der Waals surface area (Å²) >= 11 is 5.46. The number of benzene rings is 2. The maximum atomic E-state index is 13.6. The van der Waals surface area contributed by atoms with E-state index >= 15 is 0 Å². The van der Waals surface area contributed by atoms with Crippen LogP contribution in [-0.4, -0.2) is 15.5 Å². The van der Waals surface area contributed by atoms with Gasteiger partial charge in [-0.3, -0.25) is 4.72 Å². The summed E-state index contributed by atoms with van der Waals surface area (Å²) in [6, 6.07) is 5.38. The number of hydrogen-bond donors (Lipinski definition) is 1. The number of halogens is 5. The fraction of sp³-hybridized carbons (Fsp3) is 0.143. The smallest absolute Gasteiger partial charge is 0.417 e. The van der Waals surface area contributed by atoms with Crippen LogP contribution in [0.4, 0.5) is 23.2 Å². The highest BCUT2D eigenvalue weighted by molar-refractivity contribution is 7.92. The first-order valence-electron chi connectivity index (χ1n) is 6.27. The first-order valence-corrected chi connectivity index (χ1v) is 8.14. The summed E-state index contributed by atoms with van der Waals surface area (Å²) in [7, 11) is -3.09. The lowest BCUT2D eigenvalue weighted by molar-refractivity contribution is -0.137. The predicted octanol–water partition coefficient (Wildman–Crippen LogP) is 4.31. The monoisotopic (exact) mass is 383 g/mol. The second kappa shape index (κ2) is 6.48. The van der Waals surface area contributed by atoms with Crippen molar-refractivity contribution in [3.8, 4) is 5.75 Å².